The van der Waals surface area contributed by atoms with Crippen LogP contribution in [0.4, 0.5) is 0 Å². The first-order valence-electron chi connectivity index (χ1n) is 7.07. The van der Waals surface area contributed by atoms with Crippen molar-refractivity contribution >= 4 is 0 Å². The van der Waals surface area contributed by atoms with Crippen molar-refractivity contribution in [2.45, 2.75) is 31.6 Å². The van der Waals surface area contributed by atoms with Crippen LogP contribution in [0.5, 0.6) is 5.75 Å². The minimum atomic E-state index is 0.255. The number of hydrogen-bond acceptors (Lipinski definition) is 3. The molecule has 3 heteroatoms. The fourth-order valence-corrected chi connectivity index (χ4v) is 2.88. The third-order valence-corrected chi connectivity index (χ3v) is 4.18. The molecule has 0 spiro atoms. The smallest absolute Gasteiger partial charge is 0.122 e. The molecule has 2 rings (SSSR count). The van der Waals surface area contributed by atoms with Crippen molar-refractivity contribution in [1.82, 2.24) is 5.32 Å². The number of rotatable bonds is 7. The highest BCUT2D eigenvalue weighted by atomic mass is 16.5. The zero-order valence-corrected chi connectivity index (χ0v) is 12.3. The molecule has 1 fully saturated rings. The van der Waals surface area contributed by atoms with Gasteiger partial charge in [0.1, 0.15) is 5.75 Å². The van der Waals surface area contributed by atoms with E-state index >= 15 is 0 Å². The Bertz CT molecular complexity index is 413. The summed E-state index contributed by atoms with van der Waals surface area (Å²) in [5.41, 5.74) is 2.93. The van der Waals surface area contributed by atoms with Gasteiger partial charge in [-0.1, -0.05) is 24.1 Å². The van der Waals surface area contributed by atoms with E-state index in [1.165, 1.54) is 30.4 Å². The summed E-state index contributed by atoms with van der Waals surface area (Å²) in [6.45, 7) is 4.83. The van der Waals surface area contributed by atoms with Gasteiger partial charge in [-0.3, -0.25) is 0 Å². The predicted octanol–water partition coefficient (Wildman–Crippen LogP) is 2.66. The van der Waals surface area contributed by atoms with Crippen molar-refractivity contribution in [2.24, 2.45) is 0 Å². The number of aryl methyl sites for hydroxylation is 1. The third kappa shape index (κ3) is 3.10. The fourth-order valence-electron chi connectivity index (χ4n) is 2.88. The van der Waals surface area contributed by atoms with E-state index in [1.54, 1.807) is 14.2 Å². The van der Waals surface area contributed by atoms with Crippen molar-refractivity contribution < 1.29 is 9.47 Å². The van der Waals surface area contributed by atoms with Gasteiger partial charge in [0.15, 0.2) is 0 Å². The van der Waals surface area contributed by atoms with E-state index < -0.39 is 0 Å². The van der Waals surface area contributed by atoms with Gasteiger partial charge in [0.2, 0.25) is 0 Å². The first kappa shape index (κ1) is 14.4. The van der Waals surface area contributed by atoms with E-state index in [-0.39, 0.29) is 5.41 Å². The van der Waals surface area contributed by atoms with Crippen molar-refractivity contribution in [2.75, 3.05) is 33.9 Å². The fraction of sp³-hybridized carbons (Fsp3) is 0.625. The van der Waals surface area contributed by atoms with Crippen molar-refractivity contribution in [1.29, 1.82) is 0 Å². The molecule has 19 heavy (non-hydrogen) atoms. The summed E-state index contributed by atoms with van der Waals surface area (Å²) in [5, 5.41) is 3.52. The molecule has 0 aromatic heterocycles. The van der Waals surface area contributed by atoms with Gasteiger partial charge in [0.25, 0.3) is 0 Å². The minimum Gasteiger partial charge on any atom is -0.496 e. The quantitative estimate of drug-likeness (QED) is 0.767. The van der Waals surface area contributed by atoms with Crippen LogP contribution in [-0.2, 0) is 10.2 Å². The van der Waals surface area contributed by atoms with Crippen LogP contribution < -0.4 is 10.1 Å². The van der Waals surface area contributed by atoms with Crippen molar-refractivity contribution in [3.05, 3.63) is 29.3 Å². The molecule has 0 heterocycles. The average molecular weight is 263 g/mol. The number of ether oxygens (including phenoxy) is 2. The molecule has 1 aliphatic carbocycles. The SMILES string of the molecule is COCCNCC1(c2cc(C)ccc2OC)CCC1. The highest BCUT2D eigenvalue weighted by Gasteiger charge is 2.40. The monoisotopic (exact) mass is 263 g/mol. The highest BCUT2D eigenvalue weighted by Crippen LogP contribution is 2.46. The normalized spacial score (nSPS) is 17.0. The van der Waals surface area contributed by atoms with Crippen LogP contribution in [-0.4, -0.2) is 33.9 Å². The summed E-state index contributed by atoms with van der Waals surface area (Å²) < 4.78 is 10.6. The number of hydrogen-bond donors (Lipinski definition) is 1. The molecule has 0 aliphatic heterocycles. The maximum Gasteiger partial charge on any atom is 0.122 e. The molecule has 106 valence electrons. The van der Waals surface area contributed by atoms with E-state index in [2.05, 4.69) is 30.4 Å². The Labute approximate surface area is 116 Å². The first-order chi connectivity index (χ1) is 9.22. The van der Waals surface area contributed by atoms with Crippen molar-refractivity contribution in [3.8, 4) is 5.75 Å². The van der Waals surface area contributed by atoms with Gasteiger partial charge in [-0.15, -0.1) is 0 Å². The summed E-state index contributed by atoms with van der Waals surface area (Å²) in [5.74, 6) is 1.03. The van der Waals surface area contributed by atoms with Gasteiger partial charge in [-0.05, 0) is 25.8 Å². The molecule has 0 amide bonds. The van der Waals surface area contributed by atoms with E-state index in [1.807, 2.05) is 0 Å². The first-order valence-corrected chi connectivity index (χ1v) is 7.07. The predicted molar refractivity (Wildman–Crippen MR) is 78.0 cm³/mol. The van der Waals surface area contributed by atoms with Gasteiger partial charge in [0, 0.05) is 31.2 Å². The topological polar surface area (TPSA) is 30.5 Å². The maximum absolute atomic E-state index is 5.56. The Morgan fingerprint density at radius 1 is 1.26 bits per heavy atom. The molecule has 0 saturated heterocycles. The van der Waals surface area contributed by atoms with Crippen LogP contribution in [0.2, 0.25) is 0 Å². The lowest BCUT2D eigenvalue weighted by Crippen LogP contribution is -2.44. The standard InChI is InChI=1S/C16H25NO2/c1-13-5-6-15(19-3)14(11-13)16(7-4-8-16)12-17-9-10-18-2/h5-6,11,17H,4,7-10,12H2,1-3H3. The van der Waals surface area contributed by atoms with E-state index in [4.69, 9.17) is 9.47 Å². The summed E-state index contributed by atoms with van der Waals surface area (Å²) in [4.78, 5) is 0. The van der Waals surface area contributed by atoms with Crippen LogP contribution in [0.3, 0.4) is 0 Å². The molecular formula is C16H25NO2. The molecule has 1 N–H and O–H groups in total. The molecule has 3 nitrogen and oxygen atoms in total. The Morgan fingerprint density at radius 2 is 2.05 bits per heavy atom. The second-order valence-electron chi connectivity index (χ2n) is 5.51. The Kier molecular flexibility index (Phi) is 4.83. The van der Waals surface area contributed by atoms with Crippen LogP contribution in [0, 0.1) is 6.92 Å². The summed E-state index contributed by atoms with van der Waals surface area (Å²) >= 11 is 0. The van der Waals surface area contributed by atoms with Crippen LogP contribution in [0.15, 0.2) is 18.2 Å². The lowest BCUT2D eigenvalue weighted by atomic mass is 9.64. The number of methoxy groups -OCH3 is 2. The van der Waals surface area contributed by atoms with Gasteiger partial charge in [0.05, 0.1) is 13.7 Å². The van der Waals surface area contributed by atoms with Gasteiger partial charge in [-0.25, -0.2) is 0 Å². The van der Waals surface area contributed by atoms with Crippen LogP contribution in [0.25, 0.3) is 0 Å². The average Bonchev–Trinajstić information content (AvgIpc) is 2.37. The number of benzene rings is 1. The highest BCUT2D eigenvalue weighted by molar-refractivity contribution is 5.44. The van der Waals surface area contributed by atoms with Crippen LogP contribution in [0.1, 0.15) is 30.4 Å². The van der Waals surface area contributed by atoms with Gasteiger partial charge in [-0.2, -0.15) is 0 Å². The lowest BCUT2D eigenvalue weighted by Gasteiger charge is -2.43. The van der Waals surface area contributed by atoms with Gasteiger partial charge < -0.3 is 14.8 Å². The van der Waals surface area contributed by atoms with E-state index in [0.717, 1.165) is 25.4 Å². The molecule has 0 radical (unpaired) electrons. The Balaban J connectivity index is 2.13. The molecule has 1 saturated carbocycles. The third-order valence-electron chi connectivity index (χ3n) is 4.18. The second kappa shape index (κ2) is 6.40. The molecular weight excluding hydrogens is 238 g/mol. The summed E-state index contributed by atoms with van der Waals surface area (Å²) in [6.07, 6.45) is 3.79. The largest absolute Gasteiger partial charge is 0.496 e. The van der Waals surface area contributed by atoms with E-state index in [9.17, 15) is 0 Å². The zero-order chi connectivity index (χ0) is 13.7. The summed E-state index contributed by atoms with van der Waals surface area (Å²) in [6, 6.07) is 6.50. The Morgan fingerprint density at radius 3 is 2.63 bits per heavy atom. The Hall–Kier alpha value is -1.06. The maximum atomic E-state index is 5.56. The number of nitrogens with one attached hydrogen (secondary N) is 1. The minimum absolute atomic E-state index is 0.255. The molecule has 0 unspecified atom stereocenters. The molecule has 1 aromatic carbocycles. The molecule has 1 aliphatic rings. The summed E-state index contributed by atoms with van der Waals surface area (Å²) in [7, 11) is 3.50. The lowest BCUT2D eigenvalue weighted by molar-refractivity contribution is 0.183. The molecule has 1 aromatic rings. The second-order valence-corrected chi connectivity index (χ2v) is 5.51. The van der Waals surface area contributed by atoms with Crippen LogP contribution >= 0.6 is 0 Å². The molecule has 0 bridgehead atoms. The van der Waals surface area contributed by atoms with E-state index in [0.29, 0.717) is 0 Å². The zero-order valence-electron chi connectivity index (χ0n) is 12.3. The molecule has 0 atom stereocenters. The van der Waals surface area contributed by atoms with Gasteiger partial charge >= 0.3 is 0 Å². The van der Waals surface area contributed by atoms with Crippen molar-refractivity contribution in [3.63, 3.8) is 0 Å².